The Balaban J connectivity index is 2.34. The van der Waals surface area contributed by atoms with Gasteiger partial charge in [-0.25, -0.2) is 0 Å². The van der Waals surface area contributed by atoms with Crippen LogP contribution < -0.4 is 0 Å². The standard InChI is InChI=1S/C13H11F3N2/c1-2-11-7-9(5-6-17-11)10-3-4-12(18-8-10)13(14,15)16/h3-8H,2H2,1H3. The maximum Gasteiger partial charge on any atom is 0.433 e. The van der Waals surface area contributed by atoms with Gasteiger partial charge >= 0.3 is 6.18 Å². The van der Waals surface area contributed by atoms with E-state index in [2.05, 4.69) is 9.97 Å². The zero-order valence-electron chi connectivity index (χ0n) is 9.70. The molecule has 0 aliphatic heterocycles. The van der Waals surface area contributed by atoms with Gasteiger partial charge in [0, 0.05) is 23.7 Å². The Bertz CT molecular complexity index is 533. The Morgan fingerprint density at radius 1 is 1.06 bits per heavy atom. The Hall–Kier alpha value is -1.91. The van der Waals surface area contributed by atoms with Gasteiger partial charge in [-0.3, -0.25) is 9.97 Å². The van der Waals surface area contributed by atoms with Crippen LogP contribution in [0.25, 0.3) is 11.1 Å². The van der Waals surface area contributed by atoms with Gasteiger partial charge in [0.2, 0.25) is 0 Å². The third-order valence-electron chi connectivity index (χ3n) is 2.57. The first-order valence-electron chi connectivity index (χ1n) is 5.49. The number of aromatic nitrogens is 2. The largest absolute Gasteiger partial charge is 0.433 e. The minimum absolute atomic E-state index is 0.653. The molecule has 5 heteroatoms. The van der Waals surface area contributed by atoms with Crippen molar-refractivity contribution in [3.8, 4) is 11.1 Å². The minimum atomic E-state index is -4.40. The van der Waals surface area contributed by atoms with Gasteiger partial charge in [-0.05, 0) is 30.2 Å². The fourth-order valence-electron chi connectivity index (χ4n) is 1.58. The monoisotopic (exact) mass is 252 g/mol. The van der Waals surface area contributed by atoms with E-state index in [1.165, 1.54) is 12.3 Å². The molecule has 0 bridgehead atoms. The second-order valence-corrected chi connectivity index (χ2v) is 3.82. The van der Waals surface area contributed by atoms with Gasteiger partial charge in [-0.2, -0.15) is 13.2 Å². The Kier molecular flexibility index (Phi) is 3.32. The molecule has 2 nitrogen and oxygen atoms in total. The van der Waals surface area contributed by atoms with Crippen molar-refractivity contribution in [2.45, 2.75) is 19.5 Å². The minimum Gasteiger partial charge on any atom is -0.261 e. The number of aryl methyl sites for hydroxylation is 1. The highest BCUT2D eigenvalue weighted by Crippen LogP contribution is 2.28. The third-order valence-corrected chi connectivity index (χ3v) is 2.57. The van der Waals surface area contributed by atoms with E-state index in [4.69, 9.17) is 0 Å². The topological polar surface area (TPSA) is 25.8 Å². The maximum atomic E-state index is 12.4. The van der Waals surface area contributed by atoms with Gasteiger partial charge in [0.25, 0.3) is 0 Å². The van der Waals surface area contributed by atoms with Gasteiger partial charge in [0.05, 0.1) is 0 Å². The van der Waals surface area contributed by atoms with Crippen LogP contribution in [0.15, 0.2) is 36.7 Å². The van der Waals surface area contributed by atoms with Crippen LogP contribution in [0, 0.1) is 0 Å². The molecular formula is C13H11F3N2. The molecule has 0 fully saturated rings. The summed E-state index contributed by atoms with van der Waals surface area (Å²) in [6.45, 7) is 1.97. The van der Waals surface area contributed by atoms with Gasteiger partial charge in [-0.1, -0.05) is 13.0 Å². The normalized spacial score (nSPS) is 11.6. The Morgan fingerprint density at radius 3 is 2.39 bits per heavy atom. The molecule has 2 aromatic rings. The van der Waals surface area contributed by atoms with Crippen LogP contribution in [0.5, 0.6) is 0 Å². The van der Waals surface area contributed by atoms with Gasteiger partial charge in [0.1, 0.15) is 5.69 Å². The first-order valence-corrected chi connectivity index (χ1v) is 5.49. The van der Waals surface area contributed by atoms with Crippen molar-refractivity contribution >= 4 is 0 Å². The van der Waals surface area contributed by atoms with Crippen molar-refractivity contribution in [3.05, 3.63) is 48.0 Å². The number of halogens is 3. The lowest BCUT2D eigenvalue weighted by Gasteiger charge is -2.07. The van der Waals surface area contributed by atoms with Crippen molar-refractivity contribution < 1.29 is 13.2 Å². The second-order valence-electron chi connectivity index (χ2n) is 3.82. The molecule has 0 saturated heterocycles. The van der Waals surface area contributed by atoms with Crippen molar-refractivity contribution in [1.29, 1.82) is 0 Å². The van der Waals surface area contributed by atoms with Crippen LogP contribution in [0.3, 0.4) is 0 Å². The lowest BCUT2D eigenvalue weighted by Crippen LogP contribution is -2.07. The van der Waals surface area contributed by atoms with E-state index < -0.39 is 11.9 Å². The predicted octanol–water partition coefficient (Wildman–Crippen LogP) is 3.72. The van der Waals surface area contributed by atoms with Crippen LogP contribution >= 0.6 is 0 Å². The molecule has 0 aliphatic carbocycles. The average molecular weight is 252 g/mol. The fraction of sp³-hybridized carbons (Fsp3) is 0.231. The van der Waals surface area contributed by atoms with Crippen molar-refractivity contribution in [1.82, 2.24) is 9.97 Å². The smallest absolute Gasteiger partial charge is 0.261 e. The molecule has 0 spiro atoms. The molecule has 0 saturated carbocycles. The predicted molar refractivity (Wildman–Crippen MR) is 61.8 cm³/mol. The fourth-order valence-corrected chi connectivity index (χ4v) is 1.58. The van der Waals surface area contributed by atoms with Crippen molar-refractivity contribution in [2.75, 3.05) is 0 Å². The highest BCUT2D eigenvalue weighted by Gasteiger charge is 2.32. The highest BCUT2D eigenvalue weighted by molar-refractivity contribution is 5.62. The zero-order valence-corrected chi connectivity index (χ0v) is 9.70. The van der Waals surface area contributed by atoms with E-state index >= 15 is 0 Å². The van der Waals surface area contributed by atoms with Crippen molar-refractivity contribution in [2.24, 2.45) is 0 Å². The number of rotatable bonds is 2. The third kappa shape index (κ3) is 2.67. The van der Waals surface area contributed by atoms with Gasteiger partial charge in [-0.15, -0.1) is 0 Å². The number of hydrogen-bond donors (Lipinski definition) is 0. The summed E-state index contributed by atoms with van der Waals surface area (Å²) in [6.07, 6.45) is -0.739. The quantitative estimate of drug-likeness (QED) is 0.814. The number of nitrogens with zero attached hydrogens (tertiary/aromatic N) is 2. The van der Waals surface area contributed by atoms with Crippen LogP contribution in [0.4, 0.5) is 13.2 Å². The van der Waals surface area contributed by atoms with E-state index in [1.54, 1.807) is 12.3 Å². The van der Waals surface area contributed by atoms with E-state index in [0.29, 0.717) is 5.56 Å². The summed E-state index contributed by atoms with van der Waals surface area (Å²) in [4.78, 5) is 7.58. The molecule has 0 unspecified atom stereocenters. The molecule has 2 aromatic heterocycles. The van der Waals surface area contributed by atoms with Crippen LogP contribution in [-0.2, 0) is 12.6 Å². The van der Waals surface area contributed by atoms with E-state index in [-0.39, 0.29) is 0 Å². The maximum absolute atomic E-state index is 12.4. The van der Waals surface area contributed by atoms with Crippen molar-refractivity contribution in [3.63, 3.8) is 0 Å². The van der Waals surface area contributed by atoms with E-state index in [9.17, 15) is 13.2 Å². The molecule has 0 N–H and O–H groups in total. The number of hydrogen-bond acceptors (Lipinski definition) is 2. The lowest BCUT2D eigenvalue weighted by atomic mass is 10.1. The van der Waals surface area contributed by atoms with Crippen LogP contribution in [0.1, 0.15) is 18.3 Å². The molecule has 18 heavy (non-hydrogen) atoms. The summed E-state index contributed by atoms with van der Waals surface area (Å²) in [6, 6.07) is 6.01. The molecule has 94 valence electrons. The number of alkyl halides is 3. The highest BCUT2D eigenvalue weighted by atomic mass is 19.4. The summed E-state index contributed by atoms with van der Waals surface area (Å²) >= 11 is 0. The first kappa shape index (κ1) is 12.5. The first-order chi connectivity index (χ1) is 8.50. The van der Waals surface area contributed by atoms with Crippen LogP contribution in [0.2, 0.25) is 0 Å². The van der Waals surface area contributed by atoms with Crippen LogP contribution in [-0.4, -0.2) is 9.97 Å². The van der Waals surface area contributed by atoms with E-state index in [0.717, 1.165) is 23.7 Å². The molecule has 0 radical (unpaired) electrons. The summed E-state index contributed by atoms with van der Waals surface area (Å²) in [5.74, 6) is 0. The molecule has 0 aliphatic rings. The van der Waals surface area contributed by atoms with Gasteiger partial charge < -0.3 is 0 Å². The SMILES string of the molecule is CCc1cc(-c2ccc(C(F)(F)F)nc2)ccn1. The lowest BCUT2D eigenvalue weighted by molar-refractivity contribution is -0.141. The molecule has 0 amide bonds. The molecular weight excluding hydrogens is 241 g/mol. The average Bonchev–Trinajstić information content (AvgIpc) is 2.38. The summed E-state index contributed by atoms with van der Waals surface area (Å²) < 4.78 is 37.1. The number of pyridine rings is 2. The molecule has 0 aromatic carbocycles. The summed E-state index contributed by atoms with van der Waals surface area (Å²) in [5.41, 5.74) is 1.49. The molecule has 0 atom stereocenters. The second kappa shape index (κ2) is 4.76. The molecule has 2 heterocycles. The summed E-state index contributed by atoms with van der Waals surface area (Å²) in [5, 5.41) is 0. The van der Waals surface area contributed by atoms with Gasteiger partial charge in [0.15, 0.2) is 0 Å². The van der Waals surface area contributed by atoms with E-state index in [1.807, 2.05) is 13.0 Å². The molecule has 2 rings (SSSR count). The zero-order chi connectivity index (χ0) is 13.2. The summed E-state index contributed by atoms with van der Waals surface area (Å²) in [7, 11) is 0. The Labute approximate surface area is 103 Å². The Morgan fingerprint density at radius 2 is 1.83 bits per heavy atom.